The van der Waals surface area contributed by atoms with Crippen LogP contribution in [0.25, 0.3) is 21.8 Å². The Hall–Kier alpha value is -4.12. The van der Waals surface area contributed by atoms with E-state index in [-0.39, 0.29) is 0 Å². The highest BCUT2D eigenvalue weighted by Crippen LogP contribution is 2.35. The molecule has 0 bridgehead atoms. The van der Waals surface area contributed by atoms with Gasteiger partial charge in [-0.15, -0.1) is 10.2 Å². The van der Waals surface area contributed by atoms with Crippen LogP contribution in [-0.4, -0.2) is 106 Å². The molecule has 0 radical (unpaired) electrons. The first-order valence-electron chi connectivity index (χ1n) is 20.9. The minimum atomic E-state index is 0.413. The molecule has 0 aliphatic carbocycles. The van der Waals surface area contributed by atoms with E-state index in [2.05, 4.69) is 86.1 Å². The van der Waals surface area contributed by atoms with Crippen LogP contribution in [-0.2, 0) is 13.1 Å². The largest absolute Gasteiger partial charge is 0.476 e. The molecule has 9 rings (SSSR count). The van der Waals surface area contributed by atoms with Gasteiger partial charge in [0.25, 0.3) is 0 Å². The summed E-state index contributed by atoms with van der Waals surface area (Å²) in [6.45, 7) is 11.4. The van der Waals surface area contributed by atoms with E-state index in [4.69, 9.17) is 42.9 Å². The number of para-hydroxylation sites is 2. The lowest BCUT2D eigenvalue weighted by molar-refractivity contribution is 0.161. The second-order valence-electron chi connectivity index (χ2n) is 16.1. The summed E-state index contributed by atoms with van der Waals surface area (Å²) < 4.78 is 16.8. The normalized spacial score (nSPS) is 19.4. The number of nitrogens with zero attached hydrogens (tertiary/aromatic N) is 7. The zero-order valence-corrected chi connectivity index (χ0v) is 34.3. The first kappa shape index (κ1) is 38.4. The Morgan fingerprint density at radius 3 is 2.04 bits per heavy atom. The second kappa shape index (κ2) is 17.8. The van der Waals surface area contributed by atoms with Gasteiger partial charge in [-0.25, -0.2) is 0 Å². The highest BCUT2D eigenvalue weighted by atomic mass is 35.5. The summed E-state index contributed by atoms with van der Waals surface area (Å²) in [5.41, 5.74) is 5.79. The molecule has 3 aliphatic heterocycles. The quantitative estimate of drug-likeness (QED) is 0.0906. The Morgan fingerprint density at radius 1 is 0.632 bits per heavy atom. The standard InChI is InChI=1S/C46H53Cl2N7O2/c47-37-17-14-34(15-18-37)30-54-43-12-3-2-11-40(43)46(50-54)57-28-26-53-24-7-9-38(53)33-52-25-20-36(32-52)41-29-35(16-19-42(41)48)31-55-44-13-4-1-10-39(44)45(49-55)56-27-8-23-51-21-5-6-22-51/h1-4,10-19,29,36,38H,5-9,20-28,30-33H2. The minimum absolute atomic E-state index is 0.413. The fourth-order valence-electron chi connectivity index (χ4n) is 9.26. The van der Waals surface area contributed by atoms with Crippen molar-refractivity contribution in [1.82, 2.24) is 34.3 Å². The SMILES string of the molecule is Clc1ccc(Cn2nc(OCCN3CCCC3CN3CCC(c4cc(Cn5nc(OCCCN6CCCC6)c6ccccc65)ccc4Cl)C3)c3ccccc32)cc1. The van der Waals surface area contributed by atoms with Crippen LogP contribution in [0.4, 0.5) is 0 Å². The number of ether oxygens (including phenoxy) is 2. The van der Waals surface area contributed by atoms with Gasteiger partial charge in [-0.2, -0.15) is 0 Å². The van der Waals surface area contributed by atoms with Crippen LogP contribution in [0.5, 0.6) is 11.8 Å². The van der Waals surface area contributed by atoms with Crippen LogP contribution >= 0.6 is 23.2 Å². The Bertz CT molecular complexity index is 2270. The summed E-state index contributed by atoms with van der Waals surface area (Å²) in [7, 11) is 0. The lowest BCUT2D eigenvalue weighted by Crippen LogP contribution is -2.41. The van der Waals surface area contributed by atoms with E-state index in [9.17, 15) is 0 Å². The summed E-state index contributed by atoms with van der Waals surface area (Å²) in [5.74, 6) is 1.85. The average Bonchev–Trinajstić information content (AvgIpc) is 4.09. The zero-order valence-electron chi connectivity index (χ0n) is 32.7. The van der Waals surface area contributed by atoms with Gasteiger partial charge in [0.15, 0.2) is 0 Å². The van der Waals surface area contributed by atoms with Crippen molar-refractivity contribution in [3.8, 4) is 11.8 Å². The lowest BCUT2D eigenvalue weighted by atomic mass is 9.96. The zero-order chi connectivity index (χ0) is 38.6. The monoisotopic (exact) mass is 805 g/mol. The van der Waals surface area contributed by atoms with E-state index in [1.165, 1.54) is 49.9 Å². The van der Waals surface area contributed by atoms with Crippen LogP contribution in [0.3, 0.4) is 0 Å². The Balaban J connectivity index is 0.793. The summed E-state index contributed by atoms with van der Waals surface area (Å²) >= 11 is 13.1. The predicted octanol–water partition coefficient (Wildman–Crippen LogP) is 8.99. The molecule has 6 aromatic rings. The molecule has 5 heterocycles. The van der Waals surface area contributed by atoms with E-state index in [0.29, 0.717) is 44.1 Å². The topological polar surface area (TPSA) is 63.8 Å². The van der Waals surface area contributed by atoms with Gasteiger partial charge in [0.05, 0.1) is 41.5 Å². The van der Waals surface area contributed by atoms with Crippen LogP contribution in [0, 0.1) is 0 Å². The van der Waals surface area contributed by atoms with Crippen molar-refractivity contribution in [2.45, 2.75) is 63.6 Å². The molecular formula is C46H53Cl2N7O2. The highest BCUT2D eigenvalue weighted by molar-refractivity contribution is 6.31. The maximum atomic E-state index is 6.93. The van der Waals surface area contributed by atoms with Gasteiger partial charge < -0.3 is 19.3 Å². The van der Waals surface area contributed by atoms with E-state index in [1.54, 1.807) is 0 Å². The fourth-order valence-corrected chi connectivity index (χ4v) is 9.66. The summed E-state index contributed by atoms with van der Waals surface area (Å²) in [6, 6.07) is 31.8. The minimum Gasteiger partial charge on any atom is -0.476 e. The molecule has 0 N–H and O–H groups in total. The average molecular weight is 807 g/mol. The van der Waals surface area contributed by atoms with Gasteiger partial charge in [-0.1, -0.05) is 71.7 Å². The number of aromatic nitrogens is 4. The molecule has 9 nitrogen and oxygen atoms in total. The van der Waals surface area contributed by atoms with Crippen molar-refractivity contribution < 1.29 is 9.47 Å². The lowest BCUT2D eigenvalue weighted by Gasteiger charge is -2.28. The molecule has 4 aromatic carbocycles. The molecule has 3 fully saturated rings. The number of fused-ring (bicyclic) bond motifs is 2. The molecule has 298 valence electrons. The first-order chi connectivity index (χ1) is 28.0. The first-order valence-corrected chi connectivity index (χ1v) is 21.7. The van der Waals surface area contributed by atoms with Crippen molar-refractivity contribution in [2.75, 3.05) is 65.6 Å². The molecule has 0 spiro atoms. The number of rotatable bonds is 16. The molecule has 3 aliphatic rings. The fraction of sp³-hybridized carbons (Fsp3) is 0.435. The molecule has 3 saturated heterocycles. The molecular weight excluding hydrogens is 753 g/mol. The van der Waals surface area contributed by atoms with Gasteiger partial charge in [0, 0.05) is 42.3 Å². The third-order valence-electron chi connectivity index (χ3n) is 12.2. The van der Waals surface area contributed by atoms with Crippen molar-refractivity contribution in [2.24, 2.45) is 0 Å². The predicted molar refractivity (Wildman–Crippen MR) is 230 cm³/mol. The maximum absolute atomic E-state index is 6.93. The molecule has 2 atom stereocenters. The smallest absolute Gasteiger partial charge is 0.240 e. The Kier molecular flexibility index (Phi) is 12.0. The van der Waals surface area contributed by atoms with Crippen molar-refractivity contribution in [3.05, 3.63) is 118 Å². The van der Waals surface area contributed by atoms with Crippen LogP contribution in [0.15, 0.2) is 91.0 Å². The molecule has 0 saturated carbocycles. The van der Waals surface area contributed by atoms with Gasteiger partial charge in [0.1, 0.15) is 6.61 Å². The number of hydrogen-bond donors (Lipinski definition) is 0. The van der Waals surface area contributed by atoms with Crippen molar-refractivity contribution >= 4 is 45.0 Å². The van der Waals surface area contributed by atoms with Crippen LogP contribution in [0.2, 0.25) is 10.0 Å². The molecule has 57 heavy (non-hydrogen) atoms. The highest BCUT2D eigenvalue weighted by Gasteiger charge is 2.31. The number of halogens is 2. The van der Waals surface area contributed by atoms with Gasteiger partial charge >= 0.3 is 0 Å². The Morgan fingerprint density at radius 2 is 1.30 bits per heavy atom. The van der Waals surface area contributed by atoms with Crippen molar-refractivity contribution in [1.29, 1.82) is 0 Å². The molecule has 11 heteroatoms. The van der Waals surface area contributed by atoms with E-state index >= 15 is 0 Å². The number of benzene rings is 4. The molecule has 0 amide bonds. The van der Waals surface area contributed by atoms with E-state index in [1.807, 2.05) is 28.9 Å². The van der Waals surface area contributed by atoms with Crippen molar-refractivity contribution in [3.63, 3.8) is 0 Å². The maximum Gasteiger partial charge on any atom is 0.240 e. The van der Waals surface area contributed by atoms with Gasteiger partial charge in [-0.3, -0.25) is 14.3 Å². The van der Waals surface area contributed by atoms with Gasteiger partial charge in [-0.05, 0) is 130 Å². The Labute approximate surface area is 346 Å². The van der Waals surface area contributed by atoms with Crippen LogP contribution < -0.4 is 9.47 Å². The summed E-state index contributed by atoms with van der Waals surface area (Å²) in [4.78, 5) is 7.80. The molecule has 2 aromatic heterocycles. The summed E-state index contributed by atoms with van der Waals surface area (Å²) in [5, 5.41) is 13.6. The third-order valence-corrected chi connectivity index (χ3v) is 12.8. The van der Waals surface area contributed by atoms with E-state index in [0.717, 1.165) is 95.4 Å². The number of hydrogen-bond acceptors (Lipinski definition) is 7. The summed E-state index contributed by atoms with van der Waals surface area (Å²) in [6.07, 6.45) is 7.22. The third kappa shape index (κ3) is 8.98. The van der Waals surface area contributed by atoms with E-state index < -0.39 is 0 Å². The second-order valence-corrected chi connectivity index (χ2v) is 17.0. The van der Waals surface area contributed by atoms with Crippen LogP contribution in [0.1, 0.15) is 61.1 Å². The molecule has 2 unspecified atom stereocenters. The van der Waals surface area contributed by atoms with Gasteiger partial charge in [0.2, 0.25) is 11.8 Å². The number of likely N-dealkylation sites (tertiary alicyclic amines) is 3.